The summed E-state index contributed by atoms with van der Waals surface area (Å²) in [5.41, 5.74) is 3.57. The second kappa shape index (κ2) is 11.1. The van der Waals surface area contributed by atoms with Crippen LogP contribution in [0, 0.1) is 0 Å². The summed E-state index contributed by atoms with van der Waals surface area (Å²) >= 11 is 0. The monoisotopic (exact) mass is 504 g/mol. The number of ether oxygens (including phenoxy) is 1. The predicted molar refractivity (Wildman–Crippen MR) is 149 cm³/mol. The van der Waals surface area contributed by atoms with Crippen molar-refractivity contribution < 1.29 is 4.74 Å². The molecule has 2 aliphatic carbocycles. The molecular formula is C28H40N8O. The predicted octanol–water partition coefficient (Wildman–Crippen LogP) is 5.30. The molecule has 3 aliphatic rings. The van der Waals surface area contributed by atoms with Gasteiger partial charge in [-0.25, -0.2) is 4.98 Å². The molecule has 2 aromatic heterocycles. The SMILES string of the molecule is COc1cc(N2CCN(C3CCCCC3)CC2)ccc1Nc1nc(NC2CCCCC2)c2nc[nH]c2n1. The molecule has 6 rings (SSSR count). The van der Waals surface area contributed by atoms with E-state index < -0.39 is 0 Å². The summed E-state index contributed by atoms with van der Waals surface area (Å²) in [4.78, 5) is 22.3. The normalized spacial score (nSPS) is 20.3. The Morgan fingerprint density at radius 3 is 2.43 bits per heavy atom. The maximum absolute atomic E-state index is 5.80. The molecule has 0 bridgehead atoms. The van der Waals surface area contributed by atoms with E-state index in [0.717, 1.165) is 60.6 Å². The molecule has 0 spiro atoms. The lowest BCUT2D eigenvalue weighted by Gasteiger charge is -2.41. The summed E-state index contributed by atoms with van der Waals surface area (Å²) in [6.45, 7) is 4.40. The highest BCUT2D eigenvalue weighted by Gasteiger charge is 2.26. The standard InChI is InChI=1S/C28H40N8O/c1-37-24-18-22(36-16-14-35(15-17-36)21-10-6-3-7-11-21)12-13-23(24)32-28-33-26-25(29-19-30-26)27(34-28)31-20-8-4-2-5-9-20/h12-13,18-21H,2-11,14-17H2,1H3,(H3,29,30,31,32,33,34). The van der Waals surface area contributed by atoms with E-state index in [1.165, 1.54) is 69.9 Å². The van der Waals surface area contributed by atoms with Crippen LogP contribution in [0.3, 0.4) is 0 Å². The van der Waals surface area contributed by atoms with Gasteiger partial charge in [0.2, 0.25) is 5.95 Å². The van der Waals surface area contributed by atoms with Gasteiger partial charge in [-0.05, 0) is 37.8 Å². The van der Waals surface area contributed by atoms with Crippen LogP contribution in [0.15, 0.2) is 24.5 Å². The van der Waals surface area contributed by atoms with Gasteiger partial charge >= 0.3 is 0 Å². The average molecular weight is 505 g/mol. The zero-order valence-corrected chi connectivity index (χ0v) is 22.0. The molecule has 3 heterocycles. The summed E-state index contributed by atoms with van der Waals surface area (Å²) < 4.78 is 5.80. The number of methoxy groups -OCH3 is 1. The summed E-state index contributed by atoms with van der Waals surface area (Å²) in [6.07, 6.45) is 14.8. The Bertz CT molecular complexity index is 1180. The maximum Gasteiger partial charge on any atom is 0.231 e. The largest absolute Gasteiger partial charge is 0.494 e. The number of H-pyrrole nitrogens is 1. The lowest BCUT2D eigenvalue weighted by molar-refractivity contribution is 0.148. The highest BCUT2D eigenvalue weighted by atomic mass is 16.5. The lowest BCUT2D eigenvalue weighted by Crippen LogP contribution is -2.50. The third-order valence-corrected chi connectivity index (χ3v) is 8.43. The third kappa shape index (κ3) is 5.46. The van der Waals surface area contributed by atoms with Crippen molar-refractivity contribution in [3.63, 3.8) is 0 Å². The number of hydrogen-bond donors (Lipinski definition) is 3. The Kier molecular flexibility index (Phi) is 7.30. The summed E-state index contributed by atoms with van der Waals surface area (Å²) in [7, 11) is 1.72. The van der Waals surface area contributed by atoms with Crippen molar-refractivity contribution in [2.75, 3.05) is 48.8 Å². The van der Waals surface area contributed by atoms with Gasteiger partial charge in [0.1, 0.15) is 11.3 Å². The van der Waals surface area contributed by atoms with E-state index >= 15 is 0 Å². The Morgan fingerprint density at radius 1 is 0.919 bits per heavy atom. The van der Waals surface area contributed by atoms with Crippen molar-refractivity contribution in [2.24, 2.45) is 0 Å². The van der Waals surface area contributed by atoms with E-state index in [0.29, 0.717) is 12.0 Å². The van der Waals surface area contributed by atoms with Crippen LogP contribution in [0.25, 0.3) is 11.2 Å². The number of nitrogens with zero attached hydrogens (tertiary/aromatic N) is 5. The summed E-state index contributed by atoms with van der Waals surface area (Å²) in [5.74, 6) is 2.11. The molecule has 0 radical (unpaired) electrons. The molecule has 9 nitrogen and oxygen atoms in total. The lowest BCUT2D eigenvalue weighted by atomic mass is 9.94. The van der Waals surface area contributed by atoms with E-state index in [1.54, 1.807) is 13.4 Å². The smallest absolute Gasteiger partial charge is 0.231 e. The fourth-order valence-electron chi connectivity index (χ4n) is 6.32. The number of hydrogen-bond acceptors (Lipinski definition) is 8. The average Bonchev–Trinajstić information content (AvgIpc) is 3.44. The van der Waals surface area contributed by atoms with Gasteiger partial charge in [0.05, 0.1) is 19.1 Å². The van der Waals surface area contributed by atoms with Crippen LogP contribution in [0.5, 0.6) is 5.75 Å². The molecule has 198 valence electrons. The molecule has 37 heavy (non-hydrogen) atoms. The molecule has 0 unspecified atom stereocenters. The first-order valence-corrected chi connectivity index (χ1v) is 14.2. The van der Waals surface area contributed by atoms with Gasteiger partial charge in [0.15, 0.2) is 11.5 Å². The molecule has 2 saturated carbocycles. The first-order valence-electron chi connectivity index (χ1n) is 14.2. The van der Waals surface area contributed by atoms with E-state index in [-0.39, 0.29) is 0 Å². The topological polar surface area (TPSA) is 94.2 Å². The fraction of sp³-hybridized carbons (Fsp3) is 0.607. The second-order valence-electron chi connectivity index (χ2n) is 10.8. The fourth-order valence-corrected chi connectivity index (χ4v) is 6.32. The molecule has 3 N–H and O–H groups in total. The van der Waals surface area contributed by atoms with Crippen LogP contribution in [-0.4, -0.2) is 70.2 Å². The van der Waals surface area contributed by atoms with E-state index in [2.05, 4.69) is 53.6 Å². The highest BCUT2D eigenvalue weighted by molar-refractivity contribution is 5.84. The van der Waals surface area contributed by atoms with Crippen LogP contribution >= 0.6 is 0 Å². The van der Waals surface area contributed by atoms with Gasteiger partial charge in [0.25, 0.3) is 0 Å². The molecule has 9 heteroatoms. The van der Waals surface area contributed by atoms with Crippen LogP contribution in [0.2, 0.25) is 0 Å². The van der Waals surface area contributed by atoms with Crippen LogP contribution in [-0.2, 0) is 0 Å². The van der Waals surface area contributed by atoms with Crippen LogP contribution in [0.1, 0.15) is 64.2 Å². The number of rotatable bonds is 7. The van der Waals surface area contributed by atoms with Crippen LogP contribution in [0.4, 0.5) is 23.1 Å². The van der Waals surface area contributed by atoms with Gasteiger partial charge in [-0.3, -0.25) is 4.90 Å². The molecular weight excluding hydrogens is 464 g/mol. The van der Waals surface area contributed by atoms with Crippen molar-refractivity contribution >= 4 is 34.3 Å². The van der Waals surface area contributed by atoms with Crippen molar-refractivity contribution in [3.8, 4) is 5.75 Å². The van der Waals surface area contributed by atoms with Crippen molar-refractivity contribution in [1.29, 1.82) is 0 Å². The van der Waals surface area contributed by atoms with Gasteiger partial charge in [-0.2, -0.15) is 9.97 Å². The molecule has 0 atom stereocenters. The van der Waals surface area contributed by atoms with Gasteiger partial charge < -0.3 is 25.3 Å². The molecule has 1 saturated heterocycles. The number of benzene rings is 1. The van der Waals surface area contributed by atoms with Crippen molar-refractivity contribution in [3.05, 3.63) is 24.5 Å². The Hall–Kier alpha value is -3.07. The molecule has 3 aromatic rings. The quantitative estimate of drug-likeness (QED) is 0.399. The zero-order valence-electron chi connectivity index (χ0n) is 22.0. The minimum absolute atomic E-state index is 0.434. The maximum atomic E-state index is 5.80. The second-order valence-corrected chi connectivity index (χ2v) is 10.8. The van der Waals surface area contributed by atoms with E-state index in [4.69, 9.17) is 9.72 Å². The van der Waals surface area contributed by atoms with E-state index in [9.17, 15) is 0 Å². The number of imidazole rings is 1. The molecule has 3 fully saturated rings. The minimum atomic E-state index is 0.434. The van der Waals surface area contributed by atoms with Crippen LogP contribution < -0.4 is 20.3 Å². The van der Waals surface area contributed by atoms with Gasteiger partial charge in [-0.15, -0.1) is 0 Å². The number of aromatic nitrogens is 4. The minimum Gasteiger partial charge on any atom is -0.494 e. The summed E-state index contributed by atoms with van der Waals surface area (Å²) in [5, 5.41) is 7.03. The number of fused-ring (bicyclic) bond motifs is 1. The Balaban J connectivity index is 1.16. The first kappa shape index (κ1) is 24.3. The molecule has 1 aliphatic heterocycles. The zero-order chi connectivity index (χ0) is 25.0. The number of aromatic amines is 1. The Morgan fingerprint density at radius 2 is 1.68 bits per heavy atom. The van der Waals surface area contributed by atoms with Gasteiger partial charge in [-0.1, -0.05) is 38.5 Å². The molecule has 1 aromatic carbocycles. The number of piperazine rings is 1. The first-order chi connectivity index (χ1) is 18.3. The Labute approximate surface area is 219 Å². The van der Waals surface area contributed by atoms with E-state index in [1.807, 2.05) is 0 Å². The third-order valence-electron chi connectivity index (χ3n) is 8.43. The molecule has 0 amide bonds. The van der Waals surface area contributed by atoms with Crippen molar-refractivity contribution in [1.82, 2.24) is 24.8 Å². The van der Waals surface area contributed by atoms with Gasteiger partial charge in [0, 0.05) is 50.0 Å². The summed E-state index contributed by atoms with van der Waals surface area (Å²) in [6, 6.07) is 7.62. The number of nitrogens with one attached hydrogen (secondary N) is 3. The highest BCUT2D eigenvalue weighted by Crippen LogP contribution is 2.33. The van der Waals surface area contributed by atoms with Crippen molar-refractivity contribution in [2.45, 2.75) is 76.3 Å². The number of anilines is 4.